The molecule has 0 saturated carbocycles. The molecule has 1 aliphatic heterocycles. The third-order valence-corrected chi connectivity index (χ3v) is 5.62. The van der Waals surface area contributed by atoms with Crippen LogP contribution in [0.4, 0.5) is 0 Å². The van der Waals surface area contributed by atoms with Crippen molar-refractivity contribution in [2.75, 3.05) is 13.2 Å². The van der Waals surface area contributed by atoms with Gasteiger partial charge in [0.1, 0.15) is 0 Å². The summed E-state index contributed by atoms with van der Waals surface area (Å²) < 4.78 is 33.1. The molecule has 21 heavy (non-hydrogen) atoms. The molecule has 1 aromatic carbocycles. The predicted octanol–water partition coefficient (Wildman–Crippen LogP) is 1.99. The molecule has 8 heteroatoms. The van der Waals surface area contributed by atoms with Gasteiger partial charge in [0.2, 0.25) is 10.0 Å². The average molecular weight is 378 g/mol. The Hall–Kier alpha value is -0.960. The Morgan fingerprint density at radius 3 is 2.76 bits per heavy atom. The Labute approximate surface area is 131 Å². The second-order valence-electron chi connectivity index (χ2n) is 5.27. The zero-order valence-corrected chi connectivity index (χ0v) is 13.8. The van der Waals surface area contributed by atoms with E-state index in [1.807, 2.05) is 0 Å². The van der Waals surface area contributed by atoms with E-state index in [0.29, 0.717) is 24.1 Å². The molecule has 0 aromatic heterocycles. The first-order valence-corrected chi connectivity index (χ1v) is 8.66. The molecule has 1 unspecified atom stereocenters. The van der Waals surface area contributed by atoms with E-state index in [-0.39, 0.29) is 10.5 Å². The van der Waals surface area contributed by atoms with Gasteiger partial charge in [0.15, 0.2) is 0 Å². The van der Waals surface area contributed by atoms with E-state index in [9.17, 15) is 13.2 Å². The van der Waals surface area contributed by atoms with E-state index in [4.69, 9.17) is 9.84 Å². The molecule has 0 aliphatic carbocycles. The molecule has 0 spiro atoms. The van der Waals surface area contributed by atoms with Crippen LogP contribution >= 0.6 is 15.9 Å². The Kier molecular flexibility index (Phi) is 4.72. The fraction of sp³-hybridized carbons (Fsp3) is 0.462. The molecule has 0 amide bonds. The van der Waals surface area contributed by atoms with Crippen molar-refractivity contribution in [3.63, 3.8) is 0 Å². The Balaban J connectivity index is 2.31. The van der Waals surface area contributed by atoms with Crippen molar-refractivity contribution in [1.82, 2.24) is 4.72 Å². The quantitative estimate of drug-likeness (QED) is 0.836. The summed E-state index contributed by atoms with van der Waals surface area (Å²) in [5.41, 5.74) is -0.768. The topological polar surface area (TPSA) is 92.7 Å². The highest BCUT2D eigenvalue weighted by Gasteiger charge is 2.33. The second-order valence-corrected chi connectivity index (χ2v) is 7.81. The van der Waals surface area contributed by atoms with E-state index in [2.05, 4.69) is 20.7 Å². The summed E-state index contributed by atoms with van der Waals surface area (Å²) in [5.74, 6) is -1.19. The van der Waals surface area contributed by atoms with Gasteiger partial charge in [-0.15, -0.1) is 0 Å². The lowest BCUT2D eigenvalue weighted by Gasteiger charge is -2.33. The lowest BCUT2D eigenvalue weighted by Crippen LogP contribution is -2.51. The number of rotatable bonds is 4. The van der Waals surface area contributed by atoms with Gasteiger partial charge in [-0.3, -0.25) is 0 Å². The summed E-state index contributed by atoms with van der Waals surface area (Å²) in [7, 11) is -3.81. The highest BCUT2D eigenvalue weighted by atomic mass is 79.9. The van der Waals surface area contributed by atoms with Crippen molar-refractivity contribution in [3.05, 3.63) is 28.2 Å². The first-order valence-electron chi connectivity index (χ1n) is 6.38. The van der Waals surface area contributed by atoms with Crippen LogP contribution < -0.4 is 4.72 Å². The summed E-state index contributed by atoms with van der Waals surface area (Å²) in [4.78, 5) is 11.0. The number of carboxylic acid groups (broad SMARTS) is 1. The average Bonchev–Trinajstić information content (AvgIpc) is 2.38. The molecule has 1 heterocycles. The van der Waals surface area contributed by atoms with Gasteiger partial charge in [0.25, 0.3) is 0 Å². The highest BCUT2D eigenvalue weighted by Crippen LogP contribution is 2.24. The maximum Gasteiger partial charge on any atom is 0.336 e. The van der Waals surface area contributed by atoms with Gasteiger partial charge in [-0.2, -0.15) is 0 Å². The zero-order chi connectivity index (χ0) is 15.7. The third kappa shape index (κ3) is 3.82. The summed E-state index contributed by atoms with van der Waals surface area (Å²) >= 11 is 3.09. The van der Waals surface area contributed by atoms with Crippen LogP contribution in [-0.2, 0) is 14.8 Å². The van der Waals surface area contributed by atoms with Crippen LogP contribution in [-0.4, -0.2) is 38.2 Å². The first-order chi connectivity index (χ1) is 9.73. The lowest BCUT2D eigenvalue weighted by molar-refractivity contribution is 0.0386. The van der Waals surface area contributed by atoms with Crippen LogP contribution in [0.1, 0.15) is 30.1 Å². The number of hydrogen-bond donors (Lipinski definition) is 2. The molecule has 1 atom stereocenters. The molecule has 1 aliphatic rings. The molecular formula is C13H16BrNO5S. The van der Waals surface area contributed by atoms with Gasteiger partial charge in [-0.1, -0.05) is 0 Å². The van der Waals surface area contributed by atoms with Gasteiger partial charge in [-0.05, 0) is 53.9 Å². The lowest BCUT2D eigenvalue weighted by atomic mass is 9.97. The molecule has 1 fully saturated rings. The molecule has 2 N–H and O–H groups in total. The van der Waals surface area contributed by atoms with Crippen LogP contribution in [0.5, 0.6) is 0 Å². The van der Waals surface area contributed by atoms with Crippen LogP contribution in [0.25, 0.3) is 0 Å². The fourth-order valence-electron chi connectivity index (χ4n) is 2.23. The number of ether oxygens (including phenoxy) is 1. The molecule has 0 radical (unpaired) electrons. The number of carbonyl (C=O) groups is 1. The number of sulfonamides is 1. The monoisotopic (exact) mass is 377 g/mol. The van der Waals surface area contributed by atoms with Crippen molar-refractivity contribution >= 4 is 31.9 Å². The number of hydrogen-bond acceptors (Lipinski definition) is 4. The van der Waals surface area contributed by atoms with E-state index < -0.39 is 21.5 Å². The van der Waals surface area contributed by atoms with Crippen LogP contribution in [0.2, 0.25) is 0 Å². The van der Waals surface area contributed by atoms with Gasteiger partial charge in [-0.25, -0.2) is 17.9 Å². The van der Waals surface area contributed by atoms with Gasteiger partial charge >= 0.3 is 5.97 Å². The summed E-state index contributed by atoms with van der Waals surface area (Å²) in [5, 5.41) is 9.06. The molecule has 0 bridgehead atoms. The minimum Gasteiger partial charge on any atom is -0.478 e. The first kappa shape index (κ1) is 16.4. The van der Waals surface area contributed by atoms with Crippen molar-refractivity contribution in [2.45, 2.75) is 30.2 Å². The van der Waals surface area contributed by atoms with Crippen LogP contribution in [0.15, 0.2) is 27.6 Å². The van der Waals surface area contributed by atoms with E-state index in [1.165, 1.54) is 12.1 Å². The van der Waals surface area contributed by atoms with Gasteiger partial charge in [0.05, 0.1) is 22.6 Å². The van der Waals surface area contributed by atoms with Crippen molar-refractivity contribution in [2.24, 2.45) is 0 Å². The second kappa shape index (κ2) is 6.04. The summed E-state index contributed by atoms with van der Waals surface area (Å²) in [6.45, 7) is 2.70. The number of nitrogens with one attached hydrogen (secondary N) is 1. The van der Waals surface area contributed by atoms with Crippen molar-refractivity contribution < 1.29 is 23.1 Å². The number of carboxylic acids is 1. The maximum absolute atomic E-state index is 12.4. The normalized spacial score (nSPS) is 23.0. The third-order valence-electron chi connectivity index (χ3n) is 3.30. The van der Waals surface area contributed by atoms with Crippen LogP contribution in [0, 0.1) is 0 Å². The van der Waals surface area contributed by atoms with Crippen LogP contribution in [0.3, 0.4) is 0 Å². The van der Waals surface area contributed by atoms with Gasteiger partial charge < -0.3 is 9.84 Å². The van der Waals surface area contributed by atoms with Crippen molar-refractivity contribution in [1.29, 1.82) is 0 Å². The molecule has 1 saturated heterocycles. The molecule has 1 aromatic rings. The smallest absolute Gasteiger partial charge is 0.336 e. The molecule has 2 rings (SSSR count). The fourth-order valence-corrected chi connectivity index (χ4v) is 4.10. The van der Waals surface area contributed by atoms with Gasteiger partial charge in [0, 0.05) is 11.1 Å². The molecule has 116 valence electrons. The van der Waals surface area contributed by atoms with E-state index >= 15 is 0 Å². The minimum absolute atomic E-state index is 0.0742. The summed E-state index contributed by atoms with van der Waals surface area (Å²) in [6, 6.07) is 3.92. The Bertz CT molecular complexity index is 653. The Morgan fingerprint density at radius 2 is 2.19 bits per heavy atom. The maximum atomic E-state index is 12.4. The molecular weight excluding hydrogens is 362 g/mol. The number of halogens is 1. The highest BCUT2D eigenvalue weighted by molar-refractivity contribution is 9.10. The summed E-state index contributed by atoms with van der Waals surface area (Å²) in [6.07, 6.45) is 1.45. The predicted molar refractivity (Wildman–Crippen MR) is 79.9 cm³/mol. The zero-order valence-electron chi connectivity index (χ0n) is 11.4. The van der Waals surface area contributed by atoms with Crippen molar-refractivity contribution in [3.8, 4) is 0 Å². The Morgan fingerprint density at radius 1 is 1.48 bits per heavy atom. The minimum atomic E-state index is -3.81. The number of benzene rings is 1. The van der Waals surface area contributed by atoms with E-state index in [1.54, 1.807) is 6.92 Å². The largest absolute Gasteiger partial charge is 0.478 e. The number of aromatic carboxylic acids is 1. The SMILES string of the molecule is CC1(NS(=O)(=O)c2ccc(Br)c(C(=O)O)c2)CCCOC1. The van der Waals surface area contributed by atoms with E-state index in [0.717, 1.165) is 12.5 Å². The molecule has 6 nitrogen and oxygen atoms in total. The standard InChI is InChI=1S/C13H16BrNO5S/c1-13(5-2-6-20-8-13)15-21(18,19)9-3-4-11(14)10(7-9)12(16)17/h3-4,7,15H,2,5-6,8H2,1H3,(H,16,17).